The van der Waals surface area contributed by atoms with Crippen LogP contribution in [0.25, 0.3) is 0 Å². The predicted octanol–water partition coefficient (Wildman–Crippen LogP) is 3.20. The lowest BCUT2D eigenvalue weighted by molar-refractivity contribution is -0.136. The van der Waals surface area contributed by atoms with Crippen LogP contribution < -0.4 is 0 Å². The number of ketones is 1. The van der Waals surface area contributed by atoms with Crippen molar-refractivity contribution in [2.45, 2.75) is 83.8 Å². The quantitative estimate of drug-likeness (QED) is 0.771. The molecule has 5 rings (SSSR count). The van der Waals surface area contributed by atoms with E-state index in [-0.39, 0.29) is 11.3 Å². The minimum Gasteiger partial charge on any atom is -0.387 e. The van der Waals surface area contributed by atoms with E-state index in [1.54, 1.807) is 11.8 Å². The first-order valence-corrected chi connectivity index (χ1v) is 12.3. The molecule has 4 aliphatic rings. The van der Waals surface area contributed by atoms with Gasteiger partial charge in [-0.25, -0.2) is 4.68 Å². The molecule has 7 heteroatoms. The van der Waals surface area contributed by atoms with E-state index in [2.05, 4.69) is 22.4 Å². The van der Waals surface area contributed by atoms with Gasteiger partial charge in [-0.15, -0.1) is 5.10 Å². The third-order valence-corrected chi connectivity index (χ3v) is 9.92. The summed E-state index contributed by atoms with van der Waals surface area (Å²) in [5.41, 5.74) is -0.496. The van der Waals surface area contributed by atoms with Crippen LogP contribution in [0.5, 0.6) is 0 Å². The molecular formula is C24H38N4O3. The molecule has 0 radical (unpaired) electrons. The van der Waals surface area contributed by atoms with Crippen molar-refractivity contribution in [3.8, 4) is 0 Å². The highest BCUT2D eigenvalue weighted by Crippen LogP contribution is 2.64. The molecule has 0 amide bonds. The number of carbonyl (C=O) groups excluding carboxylic acids is 1. The fraction of sp³-hybridized carbons (Fsp3) is 0.917. The fourth-order valence-corrected chi connectivity index (χ4v) is 8.54. The first kappa shape index (κ1) is 21.5. The zero-order valence-corrected chi connectivity index (χ0v) is 19.3. The Morgan fingerprint density at radius 3 is 2.68 bits per heavy atom. The second-order valence-electron chi connectivity index (χ2n) is 11.4. The van der Waals surface area contributed by atoms with Crippen LogP contribution in [0.1, 0.15) is 70.5 Å². The molecule has 0 spiro atoms. The number of hydrogen-bond acceptors (Lipinski definition) is 6. The van der Waals surface area contributed by atoms with Gasteiger partial charge >= 0.3 is 0 Å². The van der Waals surface area contributed by atoms with Gasteiger partial charge in [0, 0.05) is 13.0 Å². The Balaban J connectivity index is 1.29. The summed E-state index contributed by atoms with van der Waals surface area (Å²) in [6.07, 6.45) is 10.0. The molecular weight excluding hydrogens is 392 g/mol. The summed E-state index contributed by atoms with van der Waals surface area (Å²) in [7, 11) is 1.70. The van der Waals surface area contributed by atoms with Gasteiger partial charge in [0.15, 0.2) is 5.78 Å². The van der Waals surface area contributed by atoms with Crippen molar-refractivity contribution in [2.24, 2.45) is 40.9 Å². The number of Topliss-reactive ketones (excluding diaryl/α,β-unsaturated/α-hetero) is 1. The largest absolute Gasteiger partial charge is 0.387 e. The Bertz CT molecular complexity index is 828. The van der Waals surface area contributed by atoms with Crippen LogP contribution in [-0.4, -0.2) is 50.4 Å². The highest BCUT2D eigenvalue weighted by molar-refractivity contribution is 5.82. The molecule has 8 atom stereocenters. The number of methoxy groups -OCH3 is 1. The summed E-state index contributed by atoms with van der Waals surface area (Å²) in [5.74, 6) is 4.74. The van der Waals surface area contributed by atoms with Crippen LogP contribution in [0.3, 0.4) is 0 Å². The van der Waals surface area contributed by atoms with Crippen molar-refractivity contribution < 1.29 is 14.6 Å². The normalized spacial score (nSPS) is 44.4. The summed E-state index contributed by atoms with van der Waals surface area (Å²) >= 11 is 0. The highest BCUT2D eigenvalue weighted by atomic mass is 16.5. The number of aryl methyl sites for hydroxylation is 1. The SMILES string of the molecule is COC[C@@]1(O)CC[C@H]2[C@H](CC[C@@H]3[C@@H]2CC[C@]2(C)[C@@H](C(=O)Cn4nnnc4C)CC[C@@H]32)C1. The van der Waals surface area contributed by atoms with Crippen LogP contribution >= 0.6 is 0 Å². The summed E-state index contributed by atoms with van der Waals surface area (Å²) in [6.45, 7) is 5.03. The standard InChI is InChI=1S/C24H38N4O3/c1-15-25-26-27-28(15)13-22(29)21-7-6-20-19-5-4-16-12-24(30,14-31-3)11-9-17(16)18(19)8-10-23(20,21)2/h16-21,30H,4-14H2,1-3H3/t16-,17+,18-,19-,20+,21-,23+,24-/m1/s1. The lowest BCUT2D eigenvalue weighted by Gasteiger charge is -2.57. The summed E-state index contributed by atoms with van der Waals surface area (Å²) < 4.78 is 6.98. The minimum atomic E-state index is -0.620. The summed E-state index contributed by atoms with van der Waals surface area (Å²) in [4.78, 5) is 13.3. The predicted molar refractivity (Wildman–Crippen MR) is 115 cm³/mol. The average Bonchev–Trinajstić information content (AvgIpc) is 3.30. The van der Waals surface area contributed by atoms with Gasteiger partial charge in [-0.2, -0.15) is 0 Å². The van der Waals surface area contributed by atoms with Crippen molar-refractivity contribution >= 4 is 5.78 Å². The second-order valence-corrected chi connectivity index (χ2v) is 11.4. The fourth-order valence-electron chi connectivity index (χ4n) is 8.54. The molecule has 0 aliphatic heterocycles. The number of aliphatic hydroxyl groups is 1. The molecule has 4 aliphatic carbocycles. The van der Waals surface area contributed by atoms with Crippen molar-refractivity contribution in [2.75, 3.05) is 13.7 Å². The minimum absolute atomic E-state index is 0.123. The second kappa shape index (κ2) is 7.91. The Kier molecular flexibility index (Phi) is 5.48. The number of aromatic nitrogens is 4. The molecule has 1 heterocycles. The third-order valence-electron chi connectivity index (χ3n) is 9.92. The van der Waals surface area contributed by atoms with Crippen molar-refractivity contribution in [3.05, 3.63) is 5.82 Å². The molecule has 0 saturated heterocycles. The van der Waals surface area contributed by atoms with Gasteiger partial charge in [-0.1, -0.05) is 6.92 Å². The first-order chi connectivity index (χ1) is 14.8. The summed E-state index contributed by atoms with van der Waals surface area (Å²) in [5, 5.41) is 22.6. The zero-order valence-electron chi connectivity index (χ0n) is 19.3. The van der Waals surface area contributed by atoms with E-state index in [9.17, 15) is 9.90 Å². The lowest BCUT2D eigenvalue weighted by Crippen LogP contribution is -2.52. The molecule has 31 heavy (non-hydrogen) atoms. The maximum atomic E-state index is 13.3. The molecule has 4 saturated carbocycles. The molecule has 1 N–H and O–H groups in total. The van der Waals surface area contributed by atoms with Crippen molar-refractivity contribution in [1.29, 1.82) is 0 Å². The topological polar surface area (TPSA) is 90.1 Å². The van der Waals surface area contributed by atoms with Gasteiger partial charge in [0.1, 0.15) is 12.4 Å². The number of fused-ring (bicyclic) bond motifs is 5. The average molecular weight is 431 g/mol. The van der Waals surface area contributed by atoms with Gasteiger partial charge in [0.2, 0.25) is 0 Å². The number of carbonyl (C=O) groups is 1. The van der Waals surface area contributed by atoms with Gasteiger partial charge in [-0.05, 0) is 110 Å². The number of nitrogens with zero attached hydrogens (tertiary/aromatic N) is 4. The van der Waals surface area contributed by atoms with E-state index < -0.39 is 5.60 Å². The zero-order chi connectivity index (χ0) is 21.8. The van der Waals surface area contributed by atoms with Crippen molar-refractivity contribution in [1.82, 2.24) is 20.2 Å². The molecule has 1 aromatic heterocycles. The van der Waals surface area contributed by atoms with Gasteiger partial charge < -0.3 is 9.84 Å². The Morgan fingerprint density at radius 1 is 1.13 bits per heavy atom. The number of rotatable bonds is 5. The van der Waals surface area contributed by atoms with E-state index >= 15 is 0 Å². The van der Waals surface area contributed by atoms with Crippen LogP contribution in [-0.2, 0) is 16.1 Å². The molecule has 0 bridgehead atoms. The maximum Gasteiger partial charge on any atom is 0.158 e. The molecule has 4 fully saturated rings. The number of hydrogen-bond donors (Lipinski definition) is 1. The van der Waals surface area contributed by atoms with Crippen molar-refractivity contribution in [3.63, 3.8) is 0 Å². The van der Waals surface area contributed by atoms with E-state index in [4.69, 9.17) is 4.74 Å². The molecule has 0 aromatic carbocycles. The van der Waals surface area contributed by atoms with Gasteiger partial charge in [0.25, 0.3) is 0 Å². The Labute approximate surface area is 185 Å². The van der Waals surface area contributed by atoms with E-state index in [1.807, 2.05) is 6.92 Å². The van der Waals surface area contributed by atoms with Crippen LogP contribution in [0, 0.1) is 47.8 Å². The maximum absolute atomic E-state index is 13.3. The molecule has 1 aromatic rings. The molecule has 7 nitrogen and oxygen atoms in total. The smallest absolute Gasteiger partial charge is 0.158 e. The Hall–Kier alpha value is -1.34. The monoisotopic (exact) mass is 430 g/mol. The first-order valence-electron chi connectivity index (χ1n) is 12.3. The van der Waals surface area contributed by atoms with Gasteiger partial charge in [-0.3, -0.25) is 4.79 Å². The number of ether oxygens (including phenoxy) is 1. The Morgan fingerprint density at radius 2 is 1.94 bits per heavy atom. The molecule has 172 valence electrons. The number of tetrazole rings is 1. The van der Waals surface area contributed by atoms with Gasteiger partial charge in [0.05, 0.1) is 12.2 Å². The third kappa shape index (κ3) is 3.56. The molecule has 0 unspecified atom stereocenters. The van der Waals surface area contributed by atoms with E-state index in [0.29, 0.717) is 36.6 Å². The van der Waals surface area contributed by atoms with Crippen LogP contribution in [0.2, 0.25) is 0 Å². The highest BCUT2D eigenvalue weighted by Gasteiger charge is 2.59. The summed E-state index contributed by atoms with van der Waals surface area (Å²) in [6, 6.07) is 0. The van der Waals surface area contributed by atoms with Crippen LogP contribution in [0.15, 0.2) is 0 Å². The van der Waals surface area contributed by atoms with E-state index in [1.165, 1.54) is 25.7 Å². The lowest BCUT2D eigenvalue weighted by atomic mass is 9.49. The van der Waals surface area contributed by atoms with Crippen LogP contribution in [0.4, 0.5) is 0 Å². The van der Waals surface area contributed by atoms with E-state index in [0.717, 1.165) is 49.9 Å².